The summed E-state index contributed by atoms with van der Waals surface area (Å²) in [6.45, 7) is 14.1. The first-order chi connectivity index (χ1) is 24.9. The average molecular weight is 750 g/mol. The quantitative estimate of drug-likeness (QED) is 0.0437. The van der Waals surface area contributed by atoms with Crippen LogP contribution in [0.25, 0.3) is 10.2 Å². The molecule has 6 nitrogen and oxygen atoms in total. The number of aromatic nitrogens is 1. The molecular weight excluding hydrogens is 671 g/mol. The van der Waals surface area contributed by atoms with Crippen LogP contribution in [0.2, 0.25) is 0 Å². The number of thiocarbonyl (C=S) groups is 1. The summed E-state index contributed by atoms with van der Waals surface area (Å²) in [6.07, 6.45) is 33.6. The lowest BCUT2D eigenvalue weighted by molar-refractivity contribution is -0.137. The van der Waals surface area contributed by atoms with Gasteiger partial charge in [-0.05, 0) is 76.2 Å². The number of carbonyl (C=O) groups is 1. The molecule has 4 N–H and O–H groups in total. The van der Waals surface area contributed by atoms with Gasteiger partial charge in [0, 0.05) is 0 Å². The van der Waals surface area contributed by atoms with E-state index < -0.39 is 11.9 Å². The Morgan fingerprint density at radius 1 is 0.608 bits per heavy atom. The Labute approximate surface area is 323 Å². The fraction of sp³-hybridized carbons (Fsp3) is 0.791. The van der Waals surface area contributed by atoms with Crippen LogP contribution in [-0.4, -0.2) is 52.4 Å². The fourth-order valence-corrected chi connectivity index (χ4v) is 7.21. The summed E-state index contributed by atoms with van der Waals surface area (Å²) < 4.78 is 0.953. The number of thiazole rings is 1. The number of nitrogens with zero attached hydrogens (tertiary/aromatic N) is 1. The molecule has 0 aliphatic rings. The highest BCUT2D eigenvalue weighted by Gasteiger charge is 2.23. The molecular formula is C43H79N3O3S2. The van der Waals surface area contributed by atoms with Gasteiger partial charge in [0.05, 0.1) is 22.6 Å². The Kier molecular flexibility index (Phi) is 36.9. The molecule has 1 aromatic heterocycles. The van der Waals surface area contributed by atoms with Gasteiger partial charge in [-0.15, -0.1) is 11.3 Å². The molecule has 296 valence electrons. The van der Waals surface area contributed by atoms with E-state index in [4.69, 9.17) is 5.11 Å². The van der Waals surface area contributed by atoms with Crippen molar-refractivity contribution < 1.29 is 15.0 Å². The molecule has 0 saturated carbocycles. The summed E-state index contributed by atoms with van der Waals surface area (Å²) in [5.41, 5.74) is 0.791. The van der Waals surface area contributed by atoms with Crippen molar-refractivity contribution >= 4 is 44.8 Å². The third-order valence-corrected chi connectivity index (χ3v) is 10.5. The topological polar surface area (TPSA) is 94.5 Å². The summed E-state index contributed by atoms with van der Waals surface area (Å²) in [7, 11) is 0. The number of aliphatic hydroxyl groups is 1. The second-order valence-corrected chi connectivity index (χ2v) is 15.6. The standard InChI is InChI=1S/2C16H35N.C11H9NO3S2/c2*1-3-5-7-9-11-13-15-17-16-14-12-10-8-6-4-2;13-9(14)5-6(11(15)16)10-12-7-3-1-2-4-8(7)17-10/h2*17H,3-16H2,1-2H3;1-4,6H,5H2,(H,13,14)(H,15,16). The molecule has 1 atom stereocenters. The number of hydrogen-bond donors (Lipinski definition) is 4. The summed E-state index contributed by atoms with van der Waals surface area (Å²) in [5.74, 6) is -1.72. The summed E-state index contributed by atoms with van der Waals surface area (Å²) in [5, 5.41) is 25.5. The van der Waals surface area contributed by atoms with Gasteiger partial charge in [0.25, 0.3) is 0 Å². The number of unbranched alkanes of at least 4 members (excludes halogenated alkanes) is 20. The van der Waals surface area contributed by atoms with E-state index in [1.807, 2.05) is 24.3 Å². The molecule has 0 bridgehead atoms. The lowest BCUT2D eigenvalue weighted by Crippen LogP contribution is -2.16. The summed E-state index contributed by atoms with van der Waals surface area (Å²) in [6, 6.07) is 7.48. The molecule has 8 heteroatoms. The first-order valence-electron chi connectivity index (χ1n) is 21.1. The highest BCUT2D eigenvalue weighted by molar-refractivity contribution is 7.80. The summed E-state index contributed by atoms with van der Waals surface area (Å²) in [4.78, 5) is 15.0. The van der Waals surface area contributed by atoms with Gasteiger partial charge in [-0.2, -0.15) is 0 Å². The van der Waals surface area contributed by atoms with Gasteiger partial charge < -0.3 is 20.8 Å². The van der Waals surface area contributed by atoms with Crippen molar-refractivity contribution in [2.75, 3.05) is 26.2 Å². The first-order valence-corrected chi connectivity index (χ1v) is 22.3. The average Bonchev–Trinajstić information content (AvgIpc) is 3.56. The van der Waals surface area contributed by atoms with Crippen LogP contribution in [-0.2, 0) is 4.79 Å². The van der Waals surface area contributed by atoms with Crippen LogP contribution in [0.3, 0.4) is 0 Å². The van der Waals surface area contributed by atoms with Crippen molar-refractivity contribution in [2.45, 2.75) is 194 Å². The number of carboxylic acid groups (broad SMARTS) is 1. The molecule has 1 heterocycles. The first kappa shape index (κ1) is 49.4. The lowest BCUT2D eigenvalue weighted by Gasteiger charge is -2.07. The maximum atomic E-state index is 10.7. The van der Waals surface area contributed by atoms with Crippen molar-refractivity contribution in [3.63, 3.8) is 0 Å². The Morgan fingerprint density at radius 3 is 1.29 bits per heavy atom. The minimum absolute atomic E-state index is 0.241. The number of aliphatic hydroxyl groups excluding tert-OH is 1. The van der Waals surface area contributed by atoms with Crippen LogP contribution < -0.4 is 10.6 Å². The number of para-hydroxylation sites is 1. The van der Waals surface area contributed by atoms with Gasteiger partial charge in [-0.3, -0.25) is 4.79 Å². The number of hydrogen-bond acceptors (Lipinski definition) is 6. The molecule has 51 heavy (non-hydrogen) atoms. The van der Waals surface area contributed by atoms with E-state index in [0.29, 0.717) is 5.01 Å². The van der Waals surface area contributed by atoms with Gasteiger partial charge in [0.15, 0.2) is 5.05 Å². The minimum Gasteiger partial charge on any atom is -0.501 e. The zero-order chi connectivity index (χ0) is 37.6. The highest BCUT2D eigenvalue weighted by atomic mass is 32.1. The van der Waals surface area contributed by atoms with Gasteiger partial charge in [0.2, 0.25) is 0 Å². The van der Waals surface area contributed by atoms with E-state index in [-0.39, 0.29) is 11.5 Å². The highest BCUT2D eigenvalue weighted by Crippen LogP contribution is 2.30. The number of carboxylic acids is 1. The van der Waals surface area contributed by atoms with Crippen molar-refractivity contribution in [3.05, 3.63) is 29.3 Å². The van der Waals surface area contributed by atoms with Crippen LogP contribution in [0.15, 0.2) is 24.3 Å². The Balaban J connectivity index is 0.000000735. The van der Waals surface area contributed by atoms with Crippen molar-refractivity contribution in [2.24, 2.45) is 0 Å². The maximum absolute atomic E-state index is 10.7. The second kappa shape index (κ2) is 38.1. The van der Waals surface area contributed by atoms with Crippen molar-refractivity contribution in [1.82, 2.24) is 15.6 Å². The number of rotatable bonds is 32. The monoisotopic (exact) mass is 750 g/mol. The molecule has 2 rings (SSSR count). The van der Waals surface area contributed by atoms with Gasteiger partial charge >= 0.3 is 5.97 Å². The zero-order valence-electron chi connectivity index (χ0n) is 33.5. The van der Waals surface area contributed by atoms with Crippen LogP contribution in [0, 0.1) is 0 Å². The maximum Gasteiger partial charge on any atom is 0.304 e. The van der Waals surface area contributed by atoms with E-state index in [2.05, 4.69) is 55.5 Å². The van der Waals surface area contributed by atoms with Crippen LogP contribution in [0.4, 0.5) is 0 Å². The van der Waals surface area contributed by atoms with E-state index in [0.717, 1.165) is 10.2 Å². The SMILES string of the molecule is CCCCCCCCNCCCCCCCC.CCCCCCCCNCCCCCCCC.O=C(O)CC(C(O)=S)c1nc2ccccc2s1. The van der Waals surface area contributed by atoms with Gasteiger partial charge in [0.1, 0.15) is 5.01 Å². The number of aliphatic carboxylic acids is 1. The zero-order valence-corrected chi connectivity index (χ0v) is 35.1. The molecule has 1 aromatic carbocycles. The van der Waals surface area contributed by atoms with E-state index >= 15 is 0 Å². The molecule has 0 spiro atoms. The van der Waals surface area contributed by atoms with E-state index in [1.165, 1.54) is 192 Å². The Hall–Kier alpha value is -1.61. The van der Waals surface area contributed by atoms with Crippen LogP contribution >= 0.6 is 23.6 Å². The minimum atomic E-state index is -1.01. The Morgan fingerprint density at radius 2 is 0.961 bits per heavy atom. The lowest BCUT2D eigenvalue weighted by atomic mass is 10.1. The molecule has 0 aliphatic carbocycles. The van der Waals surface area contributed by atoms with Crippen LogP contribution in [0.1, 0.15) is 199 Å². The predicted molar refractivity (Wildman–Crippen MR) is 229 cm³/mol. The molecule has 0 fully saturated rings. The Bertz CT molecular complexity index is 957. The molecule has 0 radical (unpaired) electrons. The summed E-state index contributed by atoms with van der Waals surface area (Å²) >= 11 is 6.03. The van der Waals surface area contributed by atoms with Gasteiger partial charge in [-0.1, -0.05) is 168 Å². The normalized spacial score (nSPS) is 11.5. The molecule has 0 aliphatic heterocycles. The van der Waals surface area contributed by atoms with E-state index in [1.54, 1.807) is 0 Å². The van der Waals surface area contributed by atoms with Crippen molar-refractivity contribution in [3.8, 4) is 0 Å². The third kappa shape index (κ3) is 31.6. The largest absolute Gasteiger partial charge is 0.501 e. The number of fused-ring (bicyclic) bond motifs is 1. The molecule has 1 unspecified atom stereocenters. The number of benzene rings is 1. The van der Waals surface area contributed by atoms with Crippen LogP contribution in [0.5, 0.6) is 0 Å². The smallest absolute Gasteiger partial charge is 0.304 e. The van der Waals surface area contributed by atoms with Crippen molar-refractivity contribution in [1.29, 1.82) is 0 Å². The van der Waals surface area contributed by atoms with E-state index in [9.17, 15) is 9.90 Å². The fourth-order valence-electron chi connectivity index (χ4n) is 5.87. The molecule has 0 amide bonds. The third-order valence-electron chi connectivity index (χ3n) is 9.11. The predicted octanol–water partition coefficient (Wildman–Crippen LogP) is 13.3. The molecule has 0 saturated heterocycles. The molecule has 2 aromatic rings. The number of nitrogens with one attached hydrogen (secondary N) is 2. The van der Waals surface area contributed by atoms with Gasteiger partial charge in [-0.25, -0.2) is 4.98 Å². The second-order valence-electron chi connectivity index (χ2n) is 14.1.